The number of pyridine rings is 2. The third kappa shape index (κ3) is 5.48. The summed E-state index contributed by atoms with van der Waals surface area (Å²) in [6.45, 7) is 0. The summed E-state index contributed by atoms with van der Waals surface area (Å²) >= 11 is 0. The van der Waals surface area contributed by atoms with Gasteiger partial charge in [-0.05, 0) is 24.3 Å². The van der Waals surface area contributed by atoms with E-state index >= 15 is 0 Å². The van der Waals surface area contributed by atoms with Crippen LogP contribution in [0.5, 0.6) is 0 Å². The van der Waals surface area contributed by atoms with Crippen LogP contribution in [0.2, 0.25) is 0 Å². The zero-order chi connectivity index (χ0) is 15.6. The van der Waals surface area contributed by atoms with E-state index in [1.54, 1.807) is 12.4 Å². The summed E-state index contributed by atoms with van der Waals surface area (Å²) in [5, 5.41) is 17.1. The normalized spacial score (nSPS) is 9.55. The molecule has 0 atom stereocenters. The minimum atomic E-state index is -1.23. The second-order valence-corrected chi connectivity index (χ2v) is 4.60. The van der Waals surface area contributed by atoms with Crippen molar-refractivity contribution in [2.75, 3.05) is 0 Å². The molecular formula is C17H17BN2O2. The molecule has 3 aromatic rings. The SMILES string of the molecule is OB(O)Cc1ccccc1.c1ccc(-c2ccccn2)nc1. The lowest BCUT2D eigenvalue weighted by molar-refractivity contribution is 0.405. The lowest BCUT2D eigenvalue weighted by Crippen LogP contribution is -2.14. The highest BCUT2D eigenvalue weighted by molar-refractivity contribution is 6.40. The van der Waals surface area contributed by atoms with Crippen LogP contribution in [0.1, 0.15) is 5.56 Å². The first-order chi connectivity index (χ1) is 10.8. The van der Waals surface area contributed by atoms with E-state index in [9.17, 15) is 0 Å². The molecule has 4 nitrogen and oxygen atoms in total. The number of benzene rings is 1. The summed E-state index contributed by atoms with van der Waals surface area (Å²) in [5.74, 6) is 0. The Hall–Kier alpha value is -2.50. The van der Waals surface area contributed by atoms with E-state index in [4.69, 9.17) is 10.0 Å². The van der Waals surface area contributed by atoms with Crippen LogP contribution in [0.4, 0.5) is 0 Å². The predicted octanol–water partition coefficient (Wildman–Crippen LogP) is 2.38. The third-order valence-electron chi connectivity index (χ3n) is 2.85. The van der Waals surface area contributed by atoms with Crippen molar-refractivity contribution in [1.82, 2.24) is 9.97 Å². The van der Waals surface area contributed by atoms with Crippen LogP contribution in [0.25, 0.3) is 11.4 Å². The molecule has 0 bridgehead atoms. The van der Waals surface area contributed by atoms with Crippen molar-refractivity contribution in [3.05, 3.63) is 84.7 Å². The molecule has 0 spiro atoms. The van der Waals surface area contributed by atoms with Gasteiger partial charge in [0, 0.05) is 18.7 Å². The maximum atomic E-state index is 8.56. The van der Waals surface area contributed by atoms with Gasteiger partial charge >= 0.3 is 7.12 Å². The van der Waals surface area contributed by atoms with Gasteiger partial charge in [0.05, 0.1) is 11.4 Å². The van der Waals surface area contributed by atoms with Gasteiger partial charge < -0.3 is 10.0 Å². The summed E-state index contributed by atoms with van der Waals surface area (Å²) in [6, 6.07) is 21.0. The molecule has 0 aliphatic heterocycles. The maximum absolute atomic E-state index is 8.56. The first-order valence-electron chi connectivity index (χ1n) is 6.98. The molecule has 2 N–H and O–H groups in total. The van der Waals surface area contributed by atoms with Gasteiger partial charge in [0.25, 0.3) is 0 Å². The zero-order valence-corrected chi connectivity index (χ0v) is 12.1. The fraction of sp³-hybridized carbons (Fsp3) is 0.0588. The van der Waals surface area contributed by atoms with Crippen molar-refractivity contribution in [1.29, 1.82) is 0 Å². The predicted molar refractivity (Wildman–Crippen MR) is 87.8 cm³/mol. The molecule has 22 heavy (non-hydrogen) atoms. The van der Waals surface area contributed by atoms with Crippen molar-refractivity contribution < 1.29 is 10.0 Å². The van der Waals surface area contributed by atoms with Crippen molar-refractivity contribution in [3.63, 3.8) is 0 Å². The van der Waals surface area contributed by atoms with Gasteiger partial charge in [0.1, 0.15) is 0 Å². The van der Waals surface area contributed by atoms with Crippen LogP contribution in [-0.2, 0) is 6.32 Å². The molecule has 5 heteroatoms. The summed E-state index contributed by atoms with van der Waals surface area (Å²) in [6.07, 6.45) is 3.84. The van der Waals surface area contributed by atoms with E-state index < -0.39 is 7.12 Å². The molecule has 0 aliphatic carbocycles. The van der Waals surface area contributed by atoms with E-state index in [1.807, 2.05) is 66.7 Å². The molecule has 0 unspecified atom stereocenters. The van der Waals surface area contributed by atoms with Gasteiger partial charge in [-0.1, -0.05) is 48.0 Å². The van der Waals surface area contributed by atoms with Gasteiger partial charge in [0.15, 0.2) is 0 Å². The van der Waals surface area contributed by atoms with Crippen LogP contribution in [0.3, 0.4) is 0 Å². The molecule has 0 aliphatic rings. The van der Waals surface area contributed by atoms with Crippen molar-refractivity contribution in [2.45, 2.75) is 6.32 Å². The average Bonchev–Trinajstić information content (AvgIpc) is 2.57. The van der Waals surface area contributed by atoms with Crippen LogP contribution < -0.4 is 0 Å². The standard InChI is InChI=1S/C10H8N2.C7H9BO2/c1-3-7-11-9(5-1)10-6-2-4-8-12-10;9-8(10)6-7-4-2-1-3-5-7/h1-8H;1-5,9-10H,6H2. The van der Waals surface area contributed by atoms with Crippen LogP contribution in [0.15, 0.2) is 79.1 Å². The fourth-order valence-corrected chi connectivity index (χ4v) is 1.85. The Morgan fingerprint density at radius 2 is 1.18 bits per heavy atom. The van der Waals surface area contributed by atoms with E-state index in [0.717, 1.165) is 17.0 Å². The lowest BCUT2D eigenvalue weighted by atomic mass is 9.82. The van der Waals surface area contributed by atoms with Crippen LogP contribution in [0, 0.1) is 0 Å². The Labute approximate surface area is 130 Å². The summed E-state index contributed by atoms with van der Waals surface area (Å²) < 4.78 is 0. The van der Waals surface area contributed by atoms with Gasteiger partial charge in [-0.25, -0.2) is 0 Å². The van der Waals surface area contributed by atoms with Gasteiger partial charge in [-0.3, -0.25) is 9.97 Å². The highest BCUT2D eigenvalue weighted by Crippen LogP contribution is 2.10. The Balaban J connectivity index is 0.000000164. The number of rotatable bonds is 3. The quantitative estimate of drug-likeness (QED) is 0.727. The molecule has 0 saturated heterocycles. The lowest BCUT2D eigenvalue weighted by Gasteiger charge is -1.96. The zero-order valence-electron chi connectivity index (χ0n) is 12.1. The minimum absolute atomic E-state index is 0.306. The molecule has 0 amide bonds. The Morgan fingerprint density at radius 1 is 0.682 bits per heavy atom. The number of aromatic nitrogens is 2. The average molecular weight is 292 g/mol. The molecule has 1 aromatic carbocycles. The minimum Gasteiger partial charge on any atom is -0.427 e. The molecule has 0 fully saturated rings. The van der Waals surface area contributed by atoms with E-state index in [1.165, 1.54) is 0 Å². The number of hydrogen-bond donors (Lipinski definition) is 2. The molecular weight excluding hydrogens is 275 g/mol. The van der Waals surface area contributed by atoms with Gasteiger partial charge in [-0.2, -0.15) is 0 Å². The first kappa shape index (κ1) is 15.9. The fourth-order valence-electron chi connectivity index (χ4n) is 1.85. The molecule has 0 saturated carbocycles. The Bertz CT molecular complexity index is 612. The summed E-state index contributed by atoms with van der Waals surface area (Å²) in [7, 11) is -1.23. The second kappa shape index (κ2) is 8.72. The number of nitrogens with zero attached hydrogens (tertiary/aromatic N) is 2. The Morgan fingerprint density at radius 3 is 1.59 bits per heavy atom. The molecule has 2 heterocycles. The molecule has 2 aromatic heterocycles. The van der Waals surface area contributed by atoms with E-state index in [2.05, 4.69) is 9.97 Å². The van der Waals surface area contributed by atoms with Gasteiger partial charge in [0.2, 0.25) is 0 Å². The number of hydrogen-bond acceptors (Lipinski definition) is 4. The van der Waals surface area contributed by atoms with E-state index in [-0.39, 0.29) is 0 Å². The Kier molecular flexibility index (Phi) is 6.29. The van der Waals surface area contributed by atoms with Crippen molar-refractivity contribution in [3.8, 4) is 11.4 Å². The largest absolute Gasteiger partial charge is 0.456 e. The van der Waals surface area contributed by atoms with Crippen LogP contribution >= 0.6 is 0 Å². The maximum Gasteiger partial charge on any atom is 0.456 e. The topological polar surface area (TPSA) is 66.2 Å². The summed E-state index contributed by atoms with van der Waals surface area (Å²) in [5.41, 5.74) is 2.77. The highest BCUT2D eigenvalue weighted by atomic mass is 16.4. The molecule has 110 valence electrons. The first-order valence-corrected chi connectivity index (χ1v) is 6.98. The second-order valence-electron chi connectivity index (χ2n) is 4.60. The van der Waals surface area contributed by atoms with Crippen LogP contribution in [-0.4, -0.2) is 27.1 Å². The summed E-state index contributed by atoms with van der Waals surface area (Å²) in [4.78, 5) is 8.37. The van der Waals surface area contributed by atoms with E-state index in [0.29, 0.717) is 6.32 Å². The third-order valence-corrected chi connectivity index (χ3v) is 2.85. The van der Waals surface area contributed by atoms with Gasteiger partial charge in [-0.15, -0.1) is 0 Å². The monoisotopic (exact) mass is 292 g/mol. The molecule has 3 rings (SSSR count). The smallest absolute Gasteiger partial charge is 0.427 e. The van der Waals surface area contributed by atoms with Crippen molar-refractivity contribution >= 4 is 7.12 Å². The van der Waals surface area contributed by atoms with Crippen molar-refractivity contribution in [2.24, 2.45) is 0 Å². The highest BCUT2D eigenvalue weighted by Gasteiger charge is 2.05. The molecule has 0 radical (unpaired) electrons.